The first-order chi connectivity index (χ1) is 12.5. The molecule has 3 aliphatic rings. The van der Waals surface area contributed by atoms with Crippen molar-refractivity contribution in [2.24, 2.45) is 5.92 Å². The molecule has 0 saturated carbocycles. The lowest BCUT2D eigenvalue weighted by Crippen LogP contribution is -2.53. The van der Waals surface area contributed by atoms with Crippen molar-refractivity contribution in [3.05, 3.63) is 11.9 Å². The fourth-order valence-corrected chi connectivity index (χ4v) is 4.24. The van der Waals surface area contributed by atoms with Gasteiger partial charge in [-0.25, -0.2) is 9.48 Å². The first kappa shape index (κ1) is 17.3. The van der Waals surface area contributed by atoms with Crippen LogP contribution in [0.2, 0.25) is 0 Å². The zero-order valence-electron chi connectivity index (χ0n) is 15.4. The Labute approximate surface area is 152 Å². The van der Waals surface area contributed by atoms with E-state index in [1.807, 2.05) is 14.5 Å². The summed E-state index contributed by atoms with van der Waals surface area (Å²) >= 11 is 0. The largest absolute Gasteiger partial charge is 0.370 e. The molecule has 0 N–H and O–H groups in total. The van der Waals surface area contributed by atoms with Crippen molar-refractivity contribution in [3.8, 4) is 0 Å². The third-order valence-corrected chi connectivity index (χ3v) is 5.74. The molecule has 0 spiro atoms. The Balaban J connectivity index is 1.37. The van der Waals surface area contributed by atoms with Gasteiger partial charge < -0.3 is 19.4 Å². The Morgan fingerprint density at radius 1 is 1.15 bits per heavy atom. The second kappa shape index (κ2) is 6.86. The monoisotopic (exact) mass is 362 g/mol. The highest BCUT2D eigenvalue weighted by Gasteiger charge is 2.40. The summed E-state index contributed by atoms with van der Waals surface area (Å²) in [5.41, 5.74) is 0.969. The molecular formula is C17H26N6O3. The Hall–Kier alpha value is -2.16. The molecule has 0 unspecified atom stereocenters. The number of fused-ring (bicyclic) bond motifs is 3. The van der Waals surface area contributed by atoms with Gasteiger partial charge in [0.25, 0.3) is 0 Å². The summed E-state index contributed by atoms with van der Waals surface area (Å²) in [4.78, 5) is 30.4. The van der Waals surface area contributed by atoms with Crippen molar-refractivity contribution in [1.29, 1.82) is 0 Å². The van der Waals surface area contributed by atoms with Gasteiger partial charge in [-0.05, 0) is 19.3 Å². The van der Waals surface area contributed by atoms with Gasteiger partial charge in [-0.3, -0.25) is 4.79 Å². The molecule has 2 saturated heterocycles. The van der Waals surface area contributed by atoms with E-state index in [4.69, 9.17) is 4.74 Å². The molecule has 4 heterocycles. The number of piperidine rings is 2. The van der Waals surface area contributed by atoms with Crippen LogP contribution in [-0.4, -0.2) is 88.0 Å². The average Bonchev–Trinajstić information content (AvgIpc) is 3.16. The molecule has 3 aliphatic heterocycles. The molecule has 0 aromatic carbocycles. The second-order valence-corrected chi connectivity index (χ2v) is 7.60. The van der Waals surface area contributed by atoms with Crippen LogP contribution in [0.5, 0.6) is 0 Å². The van der Waals surface area contributed by atoms with Crippen LogP contribution in [0.4, 0.5) is 4.79 Å². The van der Waals surface area contributed by atoms with Crippen LogP contribution in [0, 0.1) is 5.92 Å². The van der Waals surface area contributed by atoms with Crippen LogP contribution in [0.3, 0.4) is 0 Å². The van der Waals surface area contributed by atoms with Gasteiger partial charge in [0, 0.05) is 46.2 Å². The fourth-order valence-electron chi connectivity index (χ4n) is 4.24. The van der Waals surface area contributed by atoms with E-state index < -0.39 is 0 Å². The first-order valence-corrected chi connectivity index (χ1v) is 9.30. The Kier molecular flexibility index (Phi) is 4.56. The van der Waals surface area contributed by atoms with Crippen LogP contribution >= 0.6 is 0 Å². The van der Waals surface area contributed by atoms with Crippen LogP contribution in [0.1, 0.15) is 31.0 Å². The van der Waals surface area contributed by atoms with Crippen LogP contribution in [-0.2, 0) is 16.1 Å². The number of hydrogen-bond acceptors (Lipinski definition) is 5. The molecule has 1 aromatic rings. The zero-order chi connectivity index (χ0) is 18.3. The van der Waals surface area contributed by atoms with Gasteiger partial charge in [-0.2, -0.15) is 0 Å². The number of carbonyl (C=O) groups excluding carboxylic acids is 2. The third kappa shape index (κ3) is 3.04. The summed E-state index contributed by atoms with van der Waals surface area (Å²) < 4.78 is 7.84. The highest BCUT2D eigenvalue weighted by molar-refractivity contribution is 5.80. The van der Waals surface area contributed by atoms with E-state index in [2.05, 4.69) is 10.3 Å². The first-order valence-electron chi connectivity index (χ1n) is 9.30. The number of carbonyl (C=O) groups is 2. The number of urea groups is 1. The SMILES string of the molecule is CN(C)C(=O)N1CCC(C(=O)N2CC[C@@H]3OCc4cnnn4[C@@H]3C2)CC1. The summed E-state index contributed by atoms with van der Waals surface area (Å²) in [6, 6.07) is 0.0733. The second-order valence-electron chi connectivity index (χ2n) is 7.60. The lowest BCUT2D eigenvalue weighted by atomic mass is 9.93. The normalized spacial score (nSPS) is 26.2. The smallest absolute Gasteiger partial charge is 0.319 e. The molecule has 142 valence electrons. The number of rotatable bonds is 1. The summed E-state index contributed by atoms with van der Waals surface area (Å²) in [7, 11) is 3.52. The highest BCUT2D eigenvalue weighted by atomic mass is 16.5. The minimum absolute atomic E-state index is 0.00233. The van der Waals surface area contributed by atoms with Crippen molar-refractivity contribution in [3.63, 3.8) is 0 Å². The van der Waals surface area contributed by atoms with E-state index >= 15 is 0 Å². The van der Waals surface area contributed by atoms with Gasteiger partial charge in [0.2, 0.25) is 5.91 Å². The Morgan fingerprint density at radius 2 is 1.88 bits per heavy atom. The number of aromatic nitrogens is 3. The highest BCUT2D eigenvalue weighted by Crippen LogP contribution is 2.31. The number of likely N-dealkylation sites (tertiary alicyclic amines) is 2. The quantitative estimate of drug-likeness (QED) is 0.720. The van der Waals surface area contributed by atoms with Gasteiger partial charge in [0.1, 0.15) is 0 Å². The minimum atomic E-state index is -0.00233. The molecule has 9 heteroatoms. The topological polar surface area (TPSA) is 83.8 Å². The van der Waals surface area contributed by atoms with Crippen molar-refractivity contribution >= 4 is 11.9 Å². The van der Waals surface area contributed by atoms with E-state index in [0.29, 0.717) is 26.2 Å². The molecule has 26 heavy (non-hydrogen) atoms. The molecule has 9 nitrogen and oxygen atoms in total. The number of amides is 3. The van der Waals surface area contributed by atoms with Gasteiger partial charge in [-0.15, -0.1) is 5.10 Å². The predicted molar refractivity (Wildman–Crippen MR) is 92.2 cm³/mol. The molecule has 0 bridgehead atoms. The zero-order valence-corrected chi connectivity index (χ0v) is 15.4. The van der Waals surface area contributed by atoms with Crippen molar-refractivity contribution in [2.45, 2.75) is 38.0 Å². The molecular weight excluding hydrogens is 336 g/mol. The van der Waals surface area contributed by atoms with E-state index in [1.165, 1.54) is 0 Å². The Morgan fingerprint density at radius 3 is 2.62 bits per heavy atom. The maximum Gasteiger partial charge on any atom is 0.319 e. The summed E-state index contributed by atoms with van der Waals surface area (Å²) in [6.07, 6.45) is 4.12. The molecule has 0 radical (unpaired) electrons. The minimum Gasteiger partial charge on any atom is -0.370 e. The van der Waals surface area contributed by atoms with Gasteiger partial charge in [0.15, 0.2) is 0 Å². The maximum atomic E-state index is 13.0. The van der Waals surface area contributed by atoms with Gasteiger partial charge >= 0.3 is 6.03 Å². The van der Waals surface area contributed by atoms with Crippen LogP contribution in [0.25, 0.3) is 0 Å². The standard InChI is InChI=1S/C17H26N6O3/c1-20(2)17(25)21-6-3-12(4-7-21)16(24)22-8-5-15-14(10-22)23-13(11-26-15)9-18-19-23/h9,12,14-15H,3-8,10-11H2,1-2H3/t14-,15+/m1/s1. The van der Waals surface area contributed by atoms with Crippen molar-refractivity contribution < 1.29 is 14.3 Å². The molecule has 2 atom stereocenters. The summed E-state index contributed by atoms with van der Waals surface area (Å²) in [5.74, 6) is 0.199. The molecule has 0 aliphatic carbocycles. The fraction of sp³-hybridized carbons (Fsp3) is 0.765. The number of hydrogen-bond donors (Lipinski definition) is 0. The maximum absolute atomic E-state index is 13.0. The van der Waals surface area contributed by atoms with Gasteiger partial charge in [-0.1, -0.05) is 5.21 Å². The summed E-state index contributed by atoms with van der Waals surface area (Å²) in [5, 5.41) is 8.17. The van der Waals surface area contributed by atoms with E-state index in [9.17, 15) is 9.59 Å². The molecule has 1 aromatic heterocycles. The van der Waals surface area contributed by atoms with Crippen LogP contribution in [0.15, 0.2) is 6.20 Å². The number of nitrogens with zero attached hydrogens (tertiary/aromatic N) is 6. The van der Waals surface area contributed by atoms with Crippen LogP contribution < -0.4 is 0 Å². The summed E-state index contributed by atoms with van der Waals surface area (Å²) in [6.45, 7) is 3.17. The predicted octanol–water partition coefficient (Wildman–Crippen LogP) is 0.344. The van der Waals surface area contributed by atoms with Gasteiger partial charge in [0.05, 0.1) is 30.6 Å². The average molecular weight is 362 g/mol. The molecule has 4 rings (SSSR count). The van der Waals surface area contributed by atoms with Crippen molar-refractivity contribution in [2.75, 3.05) is 40.3 Å². The number of ether oxygens (including phenoxy) is 1. The third-order valence-electron chi connectivity index (χ3n) is 5.74. The molecule has 3 amide bonds. The Bertz CT molecular complexity index is 682. The van der Waals surface area contributed by atoms with E-state index in [-0.39, 0.29) is 30.0 Å². The molecule has 2 fully saturated rings. The lowest BCUT2D eigenvalue weighted by molar-refractivity contribution is -0.143. The lowest BCUT2D eigenvalue weighted by Gasteiger charge is -2.42. The van der Waals surface area contributed by atoms with E-state index in [0.717, 1.165) is 31.5 Å². The van der Waals surface area contributed by atoms with Crippen molar-refractivity contribution in [1.82, 2.24) is 29.7 Å². The van der Waals surface area contributed by atoms with E-state index in [1.54, 1.807) is 25.2 Å².